The summed E-state index contributed by atoms with van der Waals surface area (Å²) < 4.78 is 2.33. The van der Waals surface area contributed by atoms with Crippen molar-refractivity contribution in [1.82, 2.24) is 20.1 Å². The molecule has 1 aliphatic carbocycles. The van der Waals surface area contributed by atoms with Gasteiger partial charge in [0.2, 0.25) is 5.91 Å². The van der Waals surface area contributed by atoms with Crippen LogP contribution in [0, 0.1) is 4.77 Å². The van der Waals surface area contributed by atoms with Crippen molar-refractivity contribution in [1.29, 1.82) is 0 Å². The smallest absolute Gasteiger partial charge is 0.231 e. The molecule has 0 spiro atoms. The van der Waals surface area contributed by atoms with Crippen LogP contribution in [0.15, 0.2) is 30.3 Å². The minimum Gasteiger partial charge on any atom is -0.348 e. The number of rotatable bonds is 4. The van der Waals surface area contributed by atoms with Crippen LogP contribution < -0.4 is 5.32 Å². The van der Waals surface area contributed by atoms with E-state index in [9.17, 15) is 4.79 Å². The topological polar surface area (TPSA) is 62.7 Å². The van der Waals surface area contributed by atoms with E-state index in [4.69, 9.17) is 12.2 Å². The van der Waals surface area contributed by atoms with E-state index in [0.717, 1.165) is 30.7 Å². The number of H-pyrrole nitrogens is 1. The highest BCUT2D eigenvalue weighted by atomic mass is 32.1. The van der Waals surface area contributed by atoms with E-state index in [1.807, 2.05) is 37.4 Å². The van der Waals surface area contributed by atoms with Crippen LogP contribution in [0.5, 0.6) is 0 Å². The molecule has 21 heavy (non-hydrogen) atoms. The van der Waals surface area contributed by atoms with Crippen molar-refractivity contribution in [2.75, 3.05) is 0 Å². The zero-order chi connectivity index (χ0) is 14.9. The predicted octanol–water partition coefficient (Wildman–Crippen LogP) is 2.22. The quantitative estimate of drug-likeness (QED) is 0.851. The monoisotopic (exact) mass is 302 g/mol. The van der Waals surface area contributed by atoms with Crippen molar-refractivity contribution in [2.45, 2.75) is 31.2 Å². The molecule has 1 aromatic heterocycles. The first kappa shape index (κ1) is 14.0. The van der Waals surface area contributed by atoms with Gasteiger partial charge >= 0.3 is 0 Å². The number of benzene rings is 1. The second-order valence-electron chi connectivity index (χ2n) is 5.49. The van der Waals surface area contributed by atoms with Crippen LogP contribution in [0.25, 0.3) is 0 Å². The highest BCUT2D eigenvalue weighted by Crippen LogP contribution is 2.43. The number of hydrogen-bond donors (Lipinski definition) is 2. The molecule has 3 rings (SSSR count). The molecule has 0 unspecified atom stereocenters. The number of aromatic nitrogens is 3. The maximum Gasteiger partial charge on any atom is 0.231 e. The molecule has 1 heterocycles. The van der Waals surface area contributed by atoms with Gasteiger partial charge in [0.15, 0.2) is 10.6 Å². The Morgan fingerprint density at radius 3 is 2.67 bits per heavy atom. The van der Waals surface area contributed by atoms with E-state index < -0.39 is 0 Å². The summed E-state index contributed by atoms with van der Waals surface area (Å²) in [6.45, 7) is 0.386. The van der Waals surface area contributed by atoms with Crippen molar-refractivity contribution in [3.05, 3.63) is 46.5 Å². The molecule has 1 aromatic carbocycles. The molecule has 1 fully saturated rings. The second-order valence-corrected chi connectivity index (χ2v) is 5.88. The Morgan fingerprint density at radius 2 is 2.14 bits per heavy atom. The fourth-order valence-electron chi connectivity index (χ4n) is 2.80. The van der Waals surface area contributed by atoms with Gasteiger partial charge in [-0.05, 0) is 30.6 Å². The summed E-state index contributed by atoms with van der Waals surface area (Å²) in [5.74, 6) is 0.810. The molecule has 0 atom stereocenters. The maximum atomic E-state index is 12.7. The summed E-state index contributed by atoms with van der Waals surface area (Å²) >= 11 is 5.07. The van der Waals surface area contributed by atoms with Crippen molar-refractivity contribution in [3.8, 4) is 0 Å². The summed E-state index contributed by atoms with van der Waals surface area (Å²) in [4.78, 5) is 12.7. The van der Waals surface area contributed by atoms with E-state index in [2.05, 4.69) is 15.5 Å². The number of carbonyl (C=O) groups is 1. The standard InChI is InChI=1S/C15H18N4OS/c1-19-12(17-18-14(19)21)10-16-13(20)15(8-5-9-15)11-6-3-2-4-7-11/h2-4,6-7H,5,8-10H2,1H3,(H,16,20)(H,18,21). The number of aromatic amines is 1. The molecule has 2 N–H and O–H groups in total. The van der Waals surface area contributed by atoms with E-state index in [1.165, 1.54) is 0 Å². The molecule has 5 nitrogen and oxygen atoms in total. The van der Waals surface area contributed by atoms with Gasteiger partial charge in [0.05, 0.1) is 12.0 Å². The lowest BCUT2D eigenvalue weighted by molar-refractivity contribution is -0.130. The van der Waals surface area contributed by atoms with Crippen molar-refractivity contribution < 1.29 is 4.79 Å². The highest BCUT2D eigenvalue weighted by molar-refractivity contribution is 7.71. The average Bonchev–Trinajstić information content (AvgIpc) is 2.77. The Balaban J connectivity index is 1.75. The van der Waals surface area contributed by atoms with Crippen molar-refractivity contribution >= 4 is 18.1 Å². The lowest BCUT2D eigenvalue weighted by Crippen LogP contribution is -2.49. The number of amides is 1. The van der Waals surface area contributed by atoms with Gasteiger partial charge in [-0.3, -0.25) is 9.89 Å². The van der Waals surface area contributed by atoms with Crippen LogP contribution in [0.3, 0.4) is 0 Å². The van der Waals surface area contributed by atoms with E-state index in [0.29, 0.717) is 11.3 Å². The molecular formula is C15H18N4OS. The van der Waals surface area contributed by atoms with Gasteiger partial charge in [-0.1, -0.05) is 36.8 Å². The van der Waals surface area contributed by atoms with Crippen LogP contribution in [0.2, 0.25) is 0 Å². The Bertz CT molecular complexity index is 700. The summed E-state index contributed by atoms with van der Waals surface area (Å²) in [6, 6.07) is 10.0. The fraction of sp³-hybridized carbons (Fsp3) is 0.400. The minimum absolute atomic E-state index is 0.0777. The third-order valence-corrected chi connectivity index (χ3v) is 4.71. The molecule has 1 saturated carbocycles. The van der Waals surface area contributed by atoms with Crippen molar-refractivity contribution in [2.24, 2.45) is 7.05 Å². The number of nitrogens with one attached hydrogen (secondary N) is 2. The summed E-state index contributed by atoms with van der Waals surface area (Å²) in [5.41, 5.74) is 0.733. The molecule has 1 aliphatic rings. The van der Waals surface area contributed by atoms with Crippen LogP contribution >= 0.6 is 12.2 Å². The molecule has 0 saturated heterocycles. The molecule has 2 aromatic rings. The Hall–Kier alpha value is -1.95. The van der Waals surface area contributed by atoms with Gasteiger partial charge in [0.25, 0.3) is 0 Å². The van der Waals surface area contributed by atoms with Crippen molar-refractivity contribution in [3.63, 3.8) is 0 Å². The lowest BCUT2D eigenvalue weighted by atomic mass is 9.64. The molecule has 1 amide bonds. The summed E-state index contributed by atoms with van der Waals surface area (Å²) in [5, 5.41) is 9.85. The van der Waals surface area contributed by atoms with Crippen LogP contribution in [-0.2, 0) is 23.8 Å². The number of hydrogen-bond acceptors (Lipinski definition) is 3. The fourth-order valence-corrected chi connectivity index (χ4v) is 2.95. The Kier molecular flexibility index (Phi) is 3.63. The first-order valence-corrected chi connectivity index (χ1v) is 7.48. The highest BCUT2D eigenvalue weighted by Gasteiger charge is 2.45. The molecule has 0 radical (unpaired) electrons. The van der Waals surface area contributed by atoms with Crippen LogP contribution in [0.1, 0.15) is 30.7 Å². The third-order valence-electron chi connectivity index (χ3n) is 4.35. The molecule has 0 bridgehead atoms. The zero-order valence-corrected chi connectivity index (χ0v) is 12.7. The Morgan fingerprint density at radius 1 is 1.43 bits per heavy atom. The minimum atomic E-state index is -0.368. The largest absolute Gasteiger partial charge is 0.348 e. The average molecular weight is 302 g/mol. The van der Waals surface area contributed by atoms with Gasteiger partial charge in [-0.2, -0.15) is 5.10 Å². The van der Waals surface area contributed by atoms with E-state index >= 15 is 0 Å². The summed E-state index contributed by atoms with van der Waals surface area (Å²) in [7, 11) is 1.84. The van der Waals surface area contributed by atoms with Gasteiger partial charge in [-0.15, -0.1) is 0 Å². The third kappa shape index (κ3) is 2.40. The number of carbonyl (C=O) groups excluding carboxylic acids is 1. The SMILES string of the molecule is Cn1c(CNC(=O)C2(c3ccccc3)CCC2)n[nH]c1=S. The normalized spacial score (nSPS) is 16.2. The van der Waals surface area contributed by atoms with Crippen LogP contribution in [0.4, 0.5) is 0 Å². The predicted molar refractivity (Wildman–Crippen MR) is 82.2 cm³/mol. The van der Waals surface area contributed by atoms with Gasteiger partial charge in [-0.25, -0.2) is 0 Å². The Labute approximate surface area is 128 Å². The lowest BCUT2D eigenvalue weighted by Gasteiger charge is -2.40. The van der Waals surface area contributed by atoms with Gasteiger partial charge < -0.3 is 9.88 Å². The molecule has 110 valence electrons. The van der Waals surface area contributed by atoms with Crippen LogP contribution in [-0.4, -0.2) is 20.7 Å². The van der Waals surface area contributed by atoms with E-state index in [-0.39, 0.29) is 11.3 Å². The number of nitrogens with zero attached hydrogens (tertiary/aromatic N) is 2. The molecule has 0 aliphatic heterocycles. The maximum absolute atomic E-state index is 12.7. The van der Waals surface area contributed by atoms with E-state index in [1.54, 1.807) is 4.57 Å². The first-order valence-electron chi connectivity index (χ1n) is 7.07. The first-order chi connectivity index (χ1) is 10.1. The zero-order valence-electron chi connectivity index (χ0n) is 11.9. The molecule has 6 heteroatoms. The van der Waals surface area contributed by atoms with Gasteiger partial charge in [0, 0.05) is 7.05 Å². The van der Waals surface area contributed by atoms with Gasteiger partial charge in [0.1, 0.15) is 0 Å². The second kappa shape index (κ2) is 5.44. The molecular weight excluding hydrogens is 284 g/mol. The summed E-state index contributed by atoms with van der Waals surface area (Å²) in [6.07, 6.45) is 2.90.